The van der Waals surface area contributed by atoms with Gasteiger partial charge < -0.3 is 20.1 Å². The summed E-state index contributed by atoms with van der Waals surface area (Å²) in [6.45, 7) is 11.3. The lowest BCUT2D eigenvalue weighted by Crippen LogP contribution is -2.61. The zero-order valence-corrected chi connectivity index (χ0v) is 14.0. The fraction of sp³-hybridized carbons (Fsp3) is 0.938. The van der Waals surface area contributed by atoms with E-state index in [1.807, 2.05) is 0 Å². The third-order valence-corrected chi connectivity index (χ3v) is 4.78. The SMILES string of the molecule is CCN1CCC(CN2CCOCC2)(NC(=O)CC(C)O)CC1. The Hall–Kier alpha value is -0.690. The molecule has 6 heteroatoms. The number of piperidine rings is 1. The van der Waals surface area contributed by atoms with Crippen molar-refractivity contribution in [1.82, 2.24) is 15.1 Å². The van der Waals surface area contributed by atoms with Crippen molar-refractivity contribution in [2.45, 2.75) is 44.8 Å². The second-order valence-electron chi connectivity index (χ2n) is 6.70. The summed E-state index contributed by atoms with van der Waals surface area (Å²) < 4.78 is 5.42. The van der Waals surface area contributed by atoms with Gasteiger partial charge in [-0.05, 0) is 26.3 Å². The van der Waals surface area contributed by atoms with E-state index in [-0.39, 0.29) is 17.9 Å². The zero-order valence-electron chi connectivity index (χ0n) is 14.0. The molecule has 2 heterocycles. The van der Waals surface area contributed by atoms with Gasteiger partial charge in [0.2, 0.25) is 5.91 Å². The Morgan fingerprint density at radius 3 is 2.41 bits per heavy atom. The summed E-state index contributed by atoms with van der Waals surface area (Å²) in [5.74, 6) is -0.0341. The van der Waals surface area contributed by atoms with Crippen molar-refractivity contribution in [3.8, 4) is 0 Å². The molecule has 0 aromatic carbocycles. The Labute approximate surface area is 133 Å². The Morgan fingerprint density at radius 2 is 1.86 bits per heavy atom. The van der Waals surface area contributed by atoms with Crippen molar-refractivity contribution in [2.75, 3.05) is 52.5 Å². The smallest absolute Gasteiger partial charge is 0.223 e. The standard InChI is InChI=1S/C16H31N3O3/c1-3-18-6-4-16(5-7-18,17-15(21)12-14(2)20)13-19-8-10-22-11-9-19/h14,20H,3-13H2,1-2H3,(H,17,21). The van der Waals surface area contributed by atoms with Gasteiger partial charge >= 0.3 is 0 Å². The number of nitrogens with zero attached hydrogens (tertiary/aromatic N) is 2. The highest BCUT2D eigenvalue weighted by molar-refractivity contribution is 5.77. The van der Waals surface area contributed by atoms with E-state index in [1.165, 1.54) is 0 Å². The van der Waals surface area contributed by atoms with E-state index in [2.05, 4.69) is 22.0 Å². The number of carbonyl (C=O) groups excluding carboxylic acids is 1. The number of amides is 1. The molecule has 2 fully saturated rings. The molecule has 0 spiro atoms. The molecule has 2 N–H and O–H groups in total. The summed E-state index contributed by atoms with van der Waals surface area (Å²) in [5, 5.41) is 12.7. The second kappa shape index (κ2) is 8.24. The van der Waals surface area contributed by atoms with Crippen LogP contribution < -0.4 is 5.32 Å². The first-order valence-electron chi connectivity index (χ1n) is 8.54. The summed E-state index contributed by atoms with van der Waals surface area (Å²) in [6.07, 6.45) is 1.55. The van der Waals surface area contributed by atoms with Gasteiger partial charge in [-0.2, -0.15) is 0 Å². The van der Waals surface area contributed by atoms with Crippen LogP contribution in [0.3, 0.4) is 0 Å². The van der Waals surface area contributed by atoms with Gasteiger partial charge in [-0.1, -0.05) is 6.92 Å². The monoisotopic (exact) mass is 313 g/mol. The molecule has 0 saturated carbocycles. The van der Waals surface area contributed by atoms with Crippen molar-refractivity contribution in [1.29, 1.82) is 0 Å². The van der Waals surface area contributed by atoms with Gasteiger partial charge in [0.05, 0.1) is 31.3 Å². The highest BCUT2D eigenvalue weighted by Crippen LogP contribution is 2.24. The van der Waals surface area contributed by atoms with Gasteiger partial charge in [-0.3, -0.25) is 9.69 Å². The van der Waals surface area contributed by atoms with E-state index >= 15 is 0 Å². The average Bonchev–Trinajstić information content (AvgIpc) is 2.48. The summed E-state index contributed by atoms with van der Waals surface area (Å²) in [5.41, 5.74) is -0.158. The third kappa shape index (κ3) is 5.19. The number of rotatable bonds is 6. The maximum absolute atomic E-state index is 12.2. The van der Waals surface area contributed by atoms with E-state index in [0.29, 0.717) is 0 Å². The van der Waals surface area contributed by atoms with E-state index < -0.39 is 6.10 Å². The molecule has 1 unspecified atom stereocenters. The number of carbonyl (C=O) groups is 1. The fourth-order valence-electron chi connectivity index (χ4n) is 3.42. The Bertz CT molecular complexity index is 349. The number of nitrogens with one attached hydrogen (secondary N) is 1. The van der Waals surface area contributed by atoms with E-state index in [4.69, 9.17) is 4.74 Å². The minimum atomic E-state index is -0.587. The lowest BCUT2D eigenvalue weighted by molar-refractivity contribution is -0.126. The van der Waals surface area contributed by atoms with Crippen LogP contribution in [0, 0.1) is 0 Å². The summed E-state index contributed by atoms with van der Waals surface area (Å²) in [4.78, 5) is 17.0. The Kier molecular flexibility index (Phi) is 6.62. The van der Waals surface area contributed by atoms with Crippen LogP contribution in [0.2, 0.25) is 0 Å². The predicted octanol–water partition coefficient (Wildman–Crippen LogP) is 0.0602. The lowest BCUT2D eigenvalue weighted by atomic mass is 9.86. The third-order valence-electron chi connectivity index (χ3n) is 4.78. The first-order chi connectivity index (χ1) is 10.5. The molecule has 22 heavy (non-hydrogen) atoms. The van der Waals surface area contributed by atoms with Gasteiger partial charge in [-0.15, -0.1) is 0 Å². The number of hydrogen-bond donors (Lipinski definition) is 2. The number of morpholine rings is 1. The zero-order chi connectivity index (χ0) is 16.0. The second-order valence-corrected chi connectivity index (χ2v) is 6.70. The van der Waals surface area contributed by atoms with Crippen molar-refractivity contribution in [3.63, 3.8) is 0 Å². The molecule has 2 rings (SSSR count). The van der Waals surface area contributed by atoms with Crippen LogP contribution >= 0.6 is 0 Å². The van der Waals surface area contributed by atoms with Crippen molar-refractivity contribution in [2.24, 2.45) is 0 Å². The summed E-state index contributed by atoms with van der Waals surface area (Å²) >= 11 is 0. The number of ether oxygens (including phenoxy) is 1. The molecule has 2 saturated heterocycles. The van der Waals surface area contributed by atoms with Crippen LogP contribution in [-0.4, -0.2) is 84.9 Å². The minimum absolute atomic E-state index is 0.0341. The molecule has 0 aliphatic carbocycles. The van der Waals surface area contributed by atoms with Gasteiger partial charge in [0.15, 0.2) is 0 Å². The van der Waals surface area contributed by atoms with Gasteiger partial charge in [0, 0.05) is 32.7 Å². The molecule has 2 aliphatic heterocycles. The Balaban J connectivity index is 1.98. The first kappa shape index (κ1) is 17.7. The first-order valence-corrected chi connectivity index (χ1v) is 8.54. The van der Waals surface area contributed by atoms with Crippen LogP contribution in [-0.2, 0) is 9.53 Å². The molecule has 0 aromatic rings. The summed E-state index contributed by atoms with van der Waals surface area (Å²) in [6, 6.07) is 0. The largest absolute Gasteiger partial charge is 0.393 e. The minimum Gasteiger partial charge on any atom is -0.393 e. The summed E-state index contributed by atoms with van der Waals surface area (Å²) in [7, 11) is 0. The average molecular weight is 313 g/mol. The maximum atomic E-state index is 12.2. The van der Waals surface area contributed by atoms with Gasteiger partial charge in [0.1, 0.15) is 0 Å². The molecule has 1 atom stereocenters. The lowest BCUT2D eigenvalue weighted by Gasteiger charge is -2.45. The van der Waals surface area contributed by atoms with Crippen LogP contribution in [0.5, 0.6) is 0 Å². The highest BCUT2D eigenvalue weighted by atomic mass is 16.5. The normalized spacial score (nSPS) is 24.9. The number of likely N-dealkylation sites (tertiary alicyclic amines) is 1. The maximum Gasteiger partial charge on any atom is 0.223 e. The van der Waals surface area contributed by atoms with E-state index in [9.17, 15) is 9.90 Å². The van der Waals surface area contributed by atoms with E-state index in [1.54, 1.807) is 6.92 Å². The van der Waals surface area contributed by atoms with E-state index in [0.717, 1.165) is 65.3 Å². The Morgan fingerprint density at radius 1 is 1.23 bits per heavy atom. The molecule has 0 radical (unpaired) electrons. The van der Waals surface area contributed by atoms with Gasteiger partial charge in [0.25, 0.3) is 0 Å². The molecule has 6 nitrogen and oxygen atoms in total. The van der Waals surface area contributed by atoms with Crippen molar-refractivity contribution in [3.05, 3.63) is 0 Å². The molecule has 1 amide bonds. The molecule has 2 aliphatic rings. The molecule has 0 aromatic heterocycles. The van der Waals surface area contributed by atoms with Crippen LogP contribution in [0.1, 0.15) is 33.1 Å². The molecular formula is C16H31N3O3. The van der Waals surface area contributed by atoms with Gasteiger partial charge in [-0.25, -0.2) is 0 Å². The quantitative estimate of drug-likeness (QED) is 0.726. The van der Waals surface area contributed by atoms with Crippen LogP contribution in [0.25, 0.3) is 0 Å². The molecule has 0 bridgehead atoms. The van der Waals surface area contributed by atoms with Crippen LogP contribution in [0.4, 0.5) is 0 Å². The van der Waals surface area contributed by atoms with Crippen molar-refractivity contribution >= 4 is 5.91 Å². The number of hydrogen-bond acceptors (Lipinski definition) is 5. The topological polar surface area (TPSA) is 65.0 Å². The molecule has 128 valence electrons. The molecular weight excluding hydrogens is 282 g/mol. The fourth-order valence-corrected chi connectivity index (χ4v) is 3.42. The number of aliphatic hydroxyl groups is 1. The predicted molar refractivity (Wildman–Crippen MR) is 85.8 cm³/mol. The highest BCUT2D eigenvalue weighted by Gasteiger charge is 2.37. The number of aliphatic hydroxyl groups excluding tert-OH is 1. The van der Waals surface area contributed by atoms with Crippen LogP contribution in [0.15, 0.2) is 0 Å². The van der Waals surface area contributed by atoms with Crippen molar-refractivity contribution < 1.29 is 14.6 Å².